The summed E-state index contributed by atoms with van der Waals surface area (Å²) in [5.74, 6) is 2.34. The lowest BCUT2D eigenvalue weighted by Gasteiger charge is -2.37. The number of thiophene rings is 1. The lowest BCUT2D eigenvalue weighted by atomic mass is 10.2. The maximum absolute atomic E-state index is 5.88. The Labute approximate surface area is 144 Å². The van der Waals surface area contributed by atoms with E-state index in [9.17, 15) is 0 Å². The van der Waals surface area contributed by atoms with Crippen LogP contribution in [0.3, 0.4) is 0 Å². The van der Waals surface area contributed by atoms with E-state index >= 15 is 0 Å². The van der Waals surface area contributed by atoms with E-state index in [2.05, 4.69) is 38.0 Å². The van der Waals surface area contributed by atoms with Crippen molar-refractivity contribution in [3.05, 3.63) is 47.8 Å². The number of hydrogen-bond acceptors (Lipinski definition) is 7. The molecule has 4 rings (SSSR count). The van der Waals surface area contributed by atoms with Gasteiger partial charge in [-0.1, -0.05) is 12.1 Å². The fourth-order valence-electron chi connectivity index (χ4n) is 2.94. The van der Waals surface area contributed by atoms with Crippen molar-refractivity contribution < 1.29 is 4.42 Å². The molecule has 24 heavy (non-hydrogen) atoms. The predicted molar refractivity (Wildman–Crippen MR) is 94.0 cm³/mol. The maximum atomic E-state index is 5.88. The number of piperazine rings is 1. The Balaban J connectivity index is 1.40. The van der Waals surface area contributed by atoms with Gasteiger partial charge in [0, 0.05) is 32.4 Å². The average Bonchev–Trinajstić information content (AvgIpc) is 3.33. The molecule has 1 fully saturated rings. The molecule has 0 spiro atoms. The molecule has 3 aromatic heterocycles. The summed E-state index contributed by atoms with van der Waals surface area (Å²) in [4.78, 5) is 10.1. The number of aromatic nitrogens is 3. The van der Waals surface area contributed by atoms with E-state index in [0.29, 0.717) is 11.8 Å². The normalized spacial score (nSPS) is 17.1. The predicted octanol–water partition coefficient (Wildman–Crippen LogP) is 3.08. The van der Waals surface area contributed by atoms with Gasteiger partial charge in [-0.25, -0.2) is 4.98 Å². The number of rotatable bonds is 4. The Hall–Kier alpha value is -2.25. The van der Waals surface area contributed by atoms with Crippen LogP contribution in [0.1, 0.15) is 18.9 Å². The minimum atomic E-state index is 0.122. The van der Waals surface area contributed by atoms with Crippen molar-refractivity contribution in [2.75, 3.05) is 31.1 Å². The molecule has 7 heteroatoms. The summed E-state index contributed by atoms with van der Waals surface area (Å²) < 4.78 is 5.88. The topological polar surface area (TPSA) is 58.3 Å². The van der Waals surface area contributed by atoms with Crippen LogP contribution >= 0.6 is 11.3 Å². The summed E-state index contributed by atoms with van der Waals surface area (Å²) in [7, 11) is 0. The van der Waals surface area contributed by atoms with Crippen LogP contribution in [0, 0.1) is 0 Å². The standard InChI is InChI=1S/C17H19N5OS/c1-13(16-19-20-17(23-16)14-5-4-12-24-14)21-8-10-22(11-9-21)15-6-2-3-7-18-15/h2-7,12-13H,8-11H2,1H3. The highest BCUT2D eigenvalue weighted by Gasteiger charge is 2.26. The Morgan fingerprint density at radius 1 is 1.08 bits per heavy atom. The third kappa shape index (κ3) is 3.05. The van der Waals surface area contributed by atoms with E-state index in [0.717, 1.165) is 36.9 Å². The molecule has 0 bridgehead atoms. The van der Waals surface area contributed by atoms with Gasteiger partial charge in [0.05, 0.1) is 10.9 Å². The summed E-state index contributed by atoms with van der Waals surface area (Å²) >= 11 is 1.61. The number of pyridine rings is 1. The summed E-state index contributed by atoms with van der Waals surface area (Å²) in [6.45, 7) is 5.94. The smallest absolute Gasteiger partial charge is 0.257 e. The molecular formula is C17H19N5OS. The molecule has 1 saturated heterocycles. The highest BCUT2D eigenvalue weighted by atomic mass is 32.1. The van der Waals surface area contributed by atoms with Crippen LogP contribution in [0.4, 0.5) is 5.82 Å². The third-order valence-electron chi connectivity index (χ3n) is 4.37. The molecule has 124 valence electrons. The van der Waals surface area contributed by atoms with Crippen LogP contribution in [-0.4, -0.2) is 46.3 Å². The minimum absolute atomic E-state index is 0.122. The van der Waals surface area contributed by atoms with Crippen LogP contribution in [0.2, 0.25) is 0 Å². The minimum Gasteiger partial charge on any atom is -0.418 e. The second-order valence-corrected chi connectivity index (χ2v) is 6.76. The summed E-state index contributed by atoms with van der Waals surface area (Å²) in [5.41, 5.74) is 0. The van der Waals surface area contributed by atoms with Crippen molar-refractivity contribution in [2.24, 2.45) is 0 Å². The fourth-order valence-corrected chi connectivity index (χ4v) is 3.58. The van der Waals surface area contributed by atoms with Crippen LogP contribution in [0.15, 0.2) is 46.3 Å². The summed E-state index contributed by atoms with van der Waals surface area (Å²) in [6.07, 6.45) is 1.84. The van der Waals surface area contributed by atoms with Gasteiger partial charge >= 0.3 is 0 Å². The molecule has 1 aliphatic rings. The zero-order valence-electron chi connectivity index (χ0n) is 13.5. The van der Waals surface area contributed by atoms with Gasteiger partial charge in [-0.3, -0.25) is 4.90 Å². The molecule has 1 atom stereocenters. The molecule has 0 aliphatic carbocycles. The van der Waals surface area contributed by atoms with Crippen molar-refractivity contribution in [1.82, 2.24) is 20.1 Å². The van der Waals surface area contributed by atoms with E-state index in [1.54, 1.807) is 11.3 Å². The first-order valence-corrected chi connectivity index (χ1v) is 8.96. The second kappa shape index (κ2) is 6.70. The van der Waals surface area contributed by atoms with Crippen molar-refractivity contribution in [3.8, 4) is 10.8 Å². The molecule has 0 radical (unpaired) electrons. The lowest BCUT2D eigenvalue weighted by molar-refractivity contribution is 0.173. The molecule has 3 aromatic rings. The molecule has 6 nitrogen and oxygen atoms in total. The van der Waals surface area contributed by atoms with Gasteiger partial charge in [-0.2, -0.15) is 0 Å². The number of nitrogens with zero attached hydrogens (tertiary/aromatic N) is 5. The second-order valence-electron chi connectivity index (χ2n) is 5.81. The first-order chi connectivity index (χ1) is 11.8. The third-order valence-corrected chi connectivity index (χ3v) is 5.22. The largest absolute Gasteiger partial charge is 0.418 e. The first kappa shape index (κ1) is 15.3. The fraction of sp³-hybridized carbons (Fsp3) is 0.353. The lowest BCUT2D eigenvalue weighted by Crippen LogP contribution is -2.47. The number of anilines is 1. The number of hydrogen-bond donors (Lipinski definition) is 0. The average molecular weight is 341 g/mol. The molecule has 0 amide bonds. The molecule has 0 aromatic carbocycles. The monoisotopic (exact) mass is 341 g/mol. The van der Waals surface area contributed by atoms with Crippen LogP contribution in [-0.2, 0) is 0 Å². The van der Waals surface area contributed by atoms with Gasteiger partial charge < -0.3 is 9.32 Å². The molecule has 0 N–H and O–H groups in total. The van der Waals surface area contributed by atoms with E-state index in [1.807, 2.05) is 35.8 Å². The molecular weight excluding hydrogens is 322 g/mol. The highest BCUT2D eigenvalue weighted by molar-refractivity contribution is 7.13. The van der Waals surface area contributed by atoms with E-state index in [4.69, 9.17) is 4.42 Å². The van der Waals surface area contributed by atoms with Gasteiger partial charge in [-0.15, -0.1) is 21.5 Å². The van der Waals surface area contributed by atoms with Crippen LogP contribution in [0.5, 0.6) is 0 Å². The summed E-state index contributed by atoms with van der Waals surface area (Å²) in [6, 6.07) is 10.1. The van der Waals surface area contributed by atoms with E-state index < -0.39 is 0 Å². The molecule has 1 unspecified atom stereocenters. The Morgan fingerprint density at radius 3 is 2.67 bits per heavy atom. The van der Waals surface area contributed by atoms with Crippen LogP contribution in [0.25, 0.3) is 10.8 Å². The van der Waals surface area contributed by atoms with Gasteiger partial charge in [0.15, 0.2) is 0 Å². The zero-order chi connectivity index (χ0) is 16.4. The highest BCUT2D eigenvalue weighted by Crippen LogP contribution is 2.27. The van der Waals surface area contributed by atoms with Gasteiger partial charge in [-0.05, 0) is 30.5 Å². The van der Waals surface area contributed by atoms with Crippen LogP contribution < -0.4 is 4.90 Å². The van der Waals surface area contributed by atoms with Crippen molar-refractivity contribution >= 4 is 17.2 Å². The SMILES string of the molecule is CC(c1nnc(-c2cccs2)o1)N1CCN(c2ccccn2)CC1. The van der Waals surface area contributed by atoms with Gasteiger partial charge in [0.2, 0.25) is 5.89 Å². The van der Waals surface area contributed by atoms with Crippen molar-refractivity contribution in [2.45, 2.75) is 13.0 Å². The quantitative estimate of drug-likeness (QED) is 0.727. The van der Waals surface area contributed by atoms with E-state index in [1.165, 1.54) is 0 Å². The van der Waals surface area contributed by atoms with Gasteiger partial charge in [0.1, 0.15) is 5.82 Å². The molecule has 1 aliphatic heterocycles. The Bertz CT molecular complexity index is 765. The molecule has 0 saturated carbocycles. The van der Waals surface area contributed by atoms with Crippen molar-refractivity contribution in [1.29, 1.82) is 0 Å². The zero-order valence-corrected chi connectivity index (χ0v) is 14.3. The Kier molecular flexibility index (Phi) is 4.27. The van der Waals surface area contributed by atoms with E-state index in [-0.39, 0.29) is 6.04 Å². The van der Waals surface area contributed by atoms with Crippen molar-refractivity contribution in [3.63, 3.8) is 0 Å². The van der Waals surface area contributed by atoms with Gasteiger partial charge in [0.25, 0.3) is 5.89 Å². The molecule has 4 heterocycles. The first-order valence-electron chi connectivity index (χ1n) is 8.08. The Morgan fingerprint density at radius 2 is 1.96 bits per heavy atom. The maximum Gasteiger partial charge on any atom is 0.257 e. The summed E-state index contributed by atoms with van der Waals surface area (Å²) in [5, 5.41) is 10.4.